The third kappa shape index (κ3) is 3.59. The third-order valence-corrected chi connectivity index (χ3v) is 7.00. The van der Waals surface area contributed by atoms with Crippen LogP contribution in [0.4, 0.5) is 5.82 Å². The van der Waals surface area contributed by atoms with Gasteiger partial charge in [0, 0.05) is 35.8 Å². The zero-order chi connectivity index (χ0) is 20.7. The first-order valence-corrected chi connectivity index (χ1v) is 11.2. The number of likely N-dealkylation sites (tertiary alicyclic amines) is 1. The van der Waals surface area contributed by atoms with Crippen molar-refractivity contribution in [3.8, 4) is 6.07 Å². The molecule has 2 saturated heterocycles. The van der Waals surface area contributed by atoms with Gasteiger partial charge < -0.3 is 14.5 Å². The highest BCUT2D eigenvalue weighted by Gasteiger charge is 2.47. The fourth-order valence-electron chi connectivity index (χ4n) is 4.78. The summed E-state index contributed by atoms with van der Waals surface area (Å²) in [6, 6.07) is 14.6. The predicted molar refractivity (Wildman–Crippen MR) is 116 cm³/mol. The number of hydrogen-bond donors (Lipinski definition) is 0. The SMILES string of the molecule is N#Cc1ccc(N2C3CCC2CN(C(=O)COC2(c4cccc(Br)c4)CC2)C3)nc1. The molecule has 2 atom stereocenters. The van der Waals surface area contributed by atoms with E-state index in [1.807, 2.05) is 29.2 Å². The molecule has 0 spiro atoms. The lowest BCUT2D eigenvalue weighted by atomic mass is 10.1. The second kappa shape index (κ2) is 7.68. The van der Waals surface area contributed by atoms with Crippen LogP contribution in [0.1, 0.15) is 36.8 Å². The molecule has 0 radical (unpaired) electrons. The Morgan fingerprint density at radius 1 is 1.23 bits per heavy atom. The van der Waals surface area contributed by atoms with Crippen LogP contribution >= 0.6 is 15.9 Å². The Labute approximate surface area is 184 Å². The number of nitriles is 1. The van der Waals surface area contributed by atoms with Crippen LogP contribution in [-0.4, -0.2) is 47.6 Å². The van der Waals surface area contributed by atoms with Crippen LogP contribution < -0.4 is 4.90 Å². The molecule has 30 heavy (non-hydrogen) atoms. The lowest BCUT2D eigenvalue weighted by molar-refractivity contribution is -0.140. The summed E-state index contributed by atoms with van der Waals surface area (Å²) in [5.74, 6) is 0.969. The van der Waals surface area contributed by atoms with Crippen molar-refractivity contribution in [2.45, 2.75) is 43.4 Å². The number of fused-ring (bicyclic) bond motifs is 2. The number of piperazine rings is 1. The maximum absolute atomic E-state index is 12.9. The molecule has 1 amide bonds. The molecule has 0 N–H and O–H groups in total. The first-order valence-electron chi connectivity index (χ1n) is 10.4. The molecule has 1 aromatic carbocycles. The van der Waals surface area contributed by atoms with Crippen LogP contribution in [-0.2, 0) is 15.1 Å². The van der Waals surface area contributed by atoms with Gasteiger partial charge in [-0.15, -0.1) is 0 Å². The normalized spacial score (nSPS) is 23.9. The summed E-state index contributed by atoms with van der Waals surface area (Å²) in [6.07, 6.45) is 5.65. The maximum atomic E-state index is 12.9. The third-order valence-electron chi connectivity index (χ3n) is 6.50. The predicted octanol–water partition coefficient (Wildman–Crippen LogP) is 3.60. The Kier molecular flexibility index (Phi) is 5.00. The Morgan fingerprint density at radius 3 is 2.60 bits per heavy atom. The molecule has 6 nitrogen and oxygen atoms in total. The van der Waals surface area contributed by atoms with E-state index < -0.39 is 0 Å². The lowest BCUT2D eigenvalue weighted by Crippen LogP contribution is -2.56. The number of halogens is 1. The van der Waals surface area contributed by atoms with Crippen molar-refractivity contribution in [1.29, 1.82) is 5.26 Å². The number of ether oxygens (including phenoxy) is 1. The van der Waals surface area contributed by atoms with Crippen molar-refractivity contribution in [1.82, 2.24) is 9.88 Å². The van der Waals surface area contributed by atoms with Crippen molar-refractivity contribution < 1.29 is 9.53 Å². The Balaban J connectivity index is 1.22. The van der Waals surface area contributed by atoms with Gasteiger partial charge in [-0.1, -0.05) is 28.1 Å². The van der Waals surface area contributed by atoms with E-state index in [1.165, 1.54) is 0 Å². The summed E-state index contributed by atoms with van der Waals surface area (Å²) >= 11 is 3.52. The van der Waals surface area contributed by atoms with Gasteiger partial charge in [0.15, 0.2) is 0 Å². The minimum Gasteiger partial charge on any atom is -0.360 e. The molecule has 2 aromatic rings. The van der Waals surface area contributed by atoms with Crippen LogP contribution in [0.2, 0.25) is 0 Å². The highest BCUT2D eigenvalue weighted by Crippen LogP contribution is 2.49. The number of benzene rings is 1. The molecule has 3 aliphatic rings. The molecule has 2 aliphatic heterocycles. The van der Waals surface area contributed by atoms with Gasteiger partial charge in [0.1, 0.15) is 18.5 Å². The van der Waals surface area contributed by atoms with E-state index >= 15 is 0 Å². The molecule has 3 fully saturated rings. The monoisotopic (exact) mass is 466 g/mol. The van der Waals surface area contributed by atoms with E-state index in [2.05, 4.69) is 44.0 Å². The van der Waals surface area contributed by atoms with Crippen LogP contribution in [0.5, 0.6) is 0 Å². The van der Waals surface area contributed by atoms with Crippen molar-refractivity contribution in [2.24, 2.45) is 0 Å². The van der Waals surface area contributed by atoms with E-state index in [-0.39, 0.29) is 30.2 Å². The number of nitrogens with zero attached hydrogens (tertiary/aromatic N) is 4. The Hall–Kier alpha value is -2.43. The molecule has 3 heterocycles. The summed E-state index contributed by atoms with van der Waals surface area (Å²) in [6.45, 7) is 1.52. The Morgan fingerprint density at radius 2 is 2.00 bits per heavy atom. The number of rotatable bonds is 5. The van der Waals surface area contributed by atoms with Crippen molar-refractivity contribution in [3.63, 3.8) is 0 Å². The van der Waals surface area contributed by atoms with Gasteiger partial charge in [-0.3, -0.25) is 4.79 Å². The van der Waals surface area contributed by atoms with Gasteiger partial charge >= 0.3 is 0 Å². The van der Waals surface area contributed by atoms with Gasteiger partial charge in [-0.2, -0.15) is 5.26 Å². The minimum absolute atomic E-state index is 0.0700. The van der Waals surface area contributed by atoms with E-state index in [0.29, 0.717) is 18.7 Å². The minimum atomic E-state index is -0.299. The largest absolute Gasteiger partial charge is 0.360 e. The highest BCUT2D eigenvalue weighted by atomic mass is 79.9. The number of amides is 1. The number of anilines is 1. The number of pyridine rings is 1. The second-order valence-corrected chi connectivity index (χ2v) is 9.32. The summed E-state index contributed by atoms with van der Waals surface area (Å²) in [5.41, 5.74) is 1.41. The maximum Gasteiger partial charge on any atom is 0.248 e. The van der Waals surface area contributed by atoms with E-state index in [1.54, 1.807) is 6.20 Å². The van der Waals surface area contributed by atoms with E-state index in [0.717, 1.165) is 41.5 Å². The standard InChI is InChI=1S/C23H23BrN4O2/c24-18-3-1-2-17(10-18)23(8-9-23)30-15-22(29)27-13-19-5-6-20(14-27)28(19)21-7-4-16(11-25)12-26-21/h1-4,7,10,12,19-20H,5-6,8-9,13-15H2. The van der Waals surface area contributed by atoms with Crippen molar-refractivity contribution in [2.75, 3.05) is 24.6 Å². The lowest BCUT2D eigenvalue weighted by Gasteiger charge is -2.41. The second-order valence-electron chi connectivity index (χ2n) is 8.40. The van der Waals surface area contributed by atoms with Gasteiger partial charge in [0.2, 0.25) is 5.91 Å². The summed E-state index contributed by atoms with van der Waals surface area (Å²) in [5, 5.41) is 8.99. The molecule has 1 aromatic heterocycles. The van der Waals surface area contributed by atoms with E-state index in [4.69, 9.17) is 10.00 Å². The van der Waals surface area contributed by atoms with Gasteiger partial charge in [0.25, 0.3) is 0 Å². The van der Waals surface area contributed by atoms with Gasteiger partial charge in [-0.25, -0.2) is 4.98 Å². The molecule has 5 rings (SSSR count). The molecular formula is C23H23BrN4O2. The quantitative estimate of drug-likeness (QED) is 0.672. The number of carbonyl (C=O) groups excluding carboxylic acids is 1. The first kappa shape index (κ1) is 19.5. The molecule has 7 heteroatoms. The van der Waals surface area contributed by atoms with Gasteiger partial charge in [0.05, 0.1) is 11.2 Å². The van der Waals surface area contributed by atoms with Crippen LogP contribution in [0.3, 0.4) is 0 Å². The molecule has 2 unspecified atom stereocenters. The fraction of sp³-hybridized carbons (Fsp3) is 0.435. The van der Waals surface area contributed by atoms with Crippen LogP contribution in [0, 0.1) is 11.3 Å². The van der Waals surface area contributed by atoms with Crippen molar-refractivity contribution >= 4 is 27.7 Å². The van der Waals surface area contributed by atoms with E-state index in [9.17, 15) is 4.79 Å². The molecular weight excluding hydrogens is 444 g/mol. The average molecular weight is 467 g/mol. The summed E-state index contributed by atoms with van der Waals surface area (Å²) in [7, 11) is 0. The number of carbonyl (C=O) groups is 1. The zero-order valence-electron chi connectivity index (χ0n) is 16.6. The first-order chi connectivity index (χ1) is 14.6. The fourth-order valence-corrected chi connectivity index (χ4v) is 5.18. The number of aromatic nitrogens is 1. The molecule has 2 bridgehead atoms. The van der Waals surface area contributed by atoms with Gasteiger partial charge in [-0.05, 0) is 55.5 Å². The van der Waals surface area contributed by atoms with Crippen LogP contribution in [0.25, 0.3) is 0 Å². The zero-order valence-corrected chi connectivity index (χ0v) is 18.2. The van der Waals surface area contributed by atoms with Crippen molar-refractivity contribution in [3.05, 3.63) is 58.2 Å². The average Bonchev–Trinajstić information content (AvgIpc) is 3.52. The molecule has 154 valence electrons. The Bertz CT molecular complexity index is 985. The van der Waals surface area contributed by atoms with Crippen LogP contribution in [0.15, 0.2) is 47.1 Å². The summed E-state index contributed by atoms with van der Waals surface area (Å²) in [4.78, 5) is 21.7. The molecule has 1 aliphatic carbocycles. The smallest absolute Gasteiger partial charge is 0.248 e. The molecule has 1 saturated carbocycles. The highest BCUT2D eigenvalue weighted by molar-refractivity contribution is 9.10. The summed E-state index contributed by atoms with van der Waals surface area (Å²) < 4.78 is 7.19. The topological polar surface area (TPSA) is 69.5 Å². The number of hydrogen-bond acceptors (Lipinski definition) is 5.